The summed E-state index contributed by atoms with van der Waals surface area (Å²) in [4.78, 5) is 10.1. The van der Waals surface area contributed by atoms with Gasteiger partial charge in [-0.1, -0.05) is 32.9 Å². The lowest BCUT2D eigenvalue weighted by molar-refractivity contribution is -0.138. The van der Waals surface area contributed by atoms with Crippen LogP contribution >= 0.6 is 0 Å². The number of unbranched alkanes of at least 4 members (excludes halogenated alkanes) is 1. The van der Waals surface area contributed by atoms with Crippen LogP contribution in [0.3, 0.4) is 0 Å². The van der Waals surface area contributed by atoms with E-state index in [0.717, 1.165) is 19.3 Å². The number of allylic oxidation sites excluding steroid dienone is 2. The molecule has 0 aliphatic rings. The van der Waals surface area contributed by atoms with Gasteiger partial charge in [-0.25, -0.2) is 0 Å². The Bertz CT molecular complexity index is 167. The second kappa shape index (κ2) is 19.5. The van der Waals surface area contributed by atoms with Crippen molar-refractivity contribution in [3.8, 4) is 0 Å². The molecule has 0 heterocycles. The Labute approximate surface area is 100 Å². The predicted molar refractivity (Wildman–Crippen MR) is 71.5 cm³/mol. The van der Waals surface area contributed by atoms with Gasteiger partial charge in [0.25, 0.3) is 0 Å². The molecule has 0 rings (SSSR count). The molecule has 0 radical (unpaired) electrons. The number of carboxylic acid groups (broad SMARTS) is 1. The maximum atomic E-state index is 10.1. The molecule has 0 bridgehead atoms. The fourth-order valence-corrected chi connectivity index (χ4v) is 0.606. The quantitative estimate of drug-likeness (QED) is 0.542. The molecule has 0 aliphatic heterocycles. The standard InChI is InChI=1S/C7H13NO2.C4H8.C2H6/c1-2-3-4-5-6(8)7(9)10;1-3-4-2;1-2/h2,6H,1,3-5,8H2,(H,9,10);3H,1,4H2,2H3;1-2H3. The smallest absolute Gasteiger partial charge is 0.320 e. The highest BCUT2D eigenvalue weighted by Gasteiger charge is 2.08. The Morgan fingerprint density at radius 3 is 2.06 bits per heavy atom. The van der Waals surface area contributed by atoms with Crippen LogP contribution in [0.25, 0.3) is 0 Å². The first-order valence-corrected chi connectivity index (χ1v) is 5.80. The summed E-state index contributed by atoms with van der Waals surface area (Å²) in [5.41, 5.74) is 5.22. The molecule has 3 nitrogen and oxygen atoms in total. The normalized spacial score (nSPS) is 9.75. The third-order valence-corrected chi connectivity index (χ3v) is 1.53. The van der Waals surface area contributed by atoms with Gasteiger partial charge in [0.1, 0.15) is 6.04 Å². The average Bonchev–Trinajstić information content (AvgIpc) is 2.32. The summed E-state index contributed by atoms with van der Waals surface area (Å²) < 4.78 is 0. The fraction of sp³-hybridized carbons (Fsp3) is 0.615. The van der Waals surface area contributed by atoms with E-state index in [1.165, 1.54) is 0 Å². The van der Waals surface area contributed by atoms with Gasteiger partial charge in [-0.2, -0.15) is 0 Å². The van der Waals surface area contributed by atoms with E-state index in [1.807, 2.05) is 19.9 Å². The van der Waals surface area contributed by atoms with Crippen LogP contribution < -0.4 is 5.73 Å². The minimum atomic E-state index is -0.927. The number of carboxylic acids is 1. The minimum absolute atomic E-state index is 0.529. The largest absolute Gasteiger partial charge is 0.480 e. The summed E-state index contributed by atoms with van der Waals surface area (Å²) >= 11 is 0. The zero-order valence-electron chi connectivity index (χ0n) is 10.9. The fourth-order valence-electron chi connectivity index (χ4n) is 0.606. The van der Waals surface area contributed by atoms with Crippen molar-refractivity contribution in [1.82, 2.24) is 0 Å². The van der Waals surface area contributed by atoms with Crippen LogP contribution in [0, 0.1) is 0 Å². The van der Waals surface area contributed by atoms with Crippen molar-refractivity contribution in [2.45, 2.75) is 52.5 Å². The second-order valence-electron chi connectivity index (χ2n) is 2.86. The van der Waals surface area contributed by atoms with Crippen molar-refractivity contribution in [2.75, 3.05) is 0 Å². The Kier molecular flexibility index (Phi) is 24.8. The van der Waals surface area contributed by atoms with Crippen molar-refractivity contribution in [3.63, 3.8) is 0 Å². The summed E-state index contributed by atoms with van der Waals surface area (Å²) in [6, 6.07) is -0.708. The first kappa shape index (κ1) is 20.3. The van der Waals surface area contributed by atoms with Gasteiger partial charge >= 0.3 is 5.97 Å². The summed E-state index contributed by atoms with van der Waals surface area (Å²) in [7, 11) is 0. The number of aliphatic carboxylic acids is 1. The van der Waals surface area contributed by atoms with Crippen LogP contribution in [-0.2, 0) is 4.79 Å². The number of rotatable bonds is 6. The maximum absolute atomic E-state index is 10.1. The van der Waals surface area contributed by atoms with Crippen LogP contribution in [0.15, 0.2) is 25.3 Å². The van der Waals surface area contributed by atoms with Gasteiger partial charge in [-0.3, -0.25) is 4.79 Å². The van der Waals surface area contributed by atoms with Crippen LogP contribution in [0.2, 0.25) is 0 Å². The summed E-state index contributed by atoms with van der Waals surface area (Å²) in [6.45, 7) is 13.1. The number of hydrogen-bond donors (Lipinski definition) is 2. The molecular formula is C13H27NO2. The zero-order valence-corrected chi connectivity index (χ0v) is 10.9. The van der Waals surface area contributed by atoms with Crippen molar-refractivity contribution >= 4 is 5.97 Å². The van der Waals surface area contributed by atoms with Crippen molar-refractivity contribution in [3.05, 3.63) is 25.3 Å². The average molecular weight is 229 g/mol. The molecule has 1 unspecified atom stereocenters. The van der Waals surface area contributed by atoms with Gasteiger partial charge in [0.05, 0.1) is 0 Å². The van der Waals surface area contributed by atoms with Crippen LogP contribution in [0.1, 0.15) is 46.5 Å². The highest BCUT2D eigenvalue weighted by molar-refractivity contribution is 5.72. The van der Waals surface area contributed by atoms with Gasteiger partial charge in [0.15, 0.2) is 0 Å². The van der Waals surface area contributed by atoms with E-state index >= 15 is 0 Å². The lowest BCUT2D eigenvalue weighted by Gasteiger charge is -2.02. The van der Waals surface area contributed by atoms with Crippen LogP contribution in [-0.4, -0.2) is 17.1 Å². The molecule has 0 aliphatic carbocycles. The van der Waals surface area contributed by atoms with Crippen LogP contribution in [0.5, 0.6) is 0 Å². The molecule has 0 saturated carbocycles. The molecular weight excluding hydrogens is 202 g/mol. The van der Waals surface area contributed by atoms with Gasteiger partial charge in [-0.15, -0.1) is 13.2 Å². The van der Waals surface area contributed by atoms with E-state index in [2.05, 4.69) is 20.1 Å². The first-order chi connectivity index (χ1) is 7.59. The Hall–Kier alpha value is -1.09. The van der Waals surface area contributed by atoms with E-state index in [1.54, 1.807) is 6.08 Å². The van der Waals surface area contributed by atoms with E-state index in [4.69, 9.17) is 10.8 Å². The number of carbonyl (C=O) groups is 1. The molecule has 1 atom stereocenters. The third kappa shape index (κ3) is 23.1. The van der Waals surface area contributed by atoms with Crippen molar-refractivity contribution < 1.29 is 9.90 Å². The molecule has 0 aromatic rings. The van der Waals surface area contributed by atoms with Crippen molar-refractivity contribution in [2.24, 2.45) is 5.73 Å². The maximum Gasteiger partial charge on any atom is 0.320 e. The molecule has 0 amide bonds. The monoisotopic (exact) mass is 229 g/mol. The molecule has 96 valence electrons. The highest BCUT2D eigenvalue weighted by atomic mass is 16.4. The summed E-state index contributed by atoms with van der Waals surface area (Å²) in [5, 5.41) is 8.33. The van der Waals surface area contributed by atoms with Gasteiger partial charge in [-0.05, 0) is 25.7 Å². The number of nitrogens with two attached hydrogens (primary N) is 1. The van der Waals surface area contributed by atoms with Crippen LogP contribution in [0.4, 0.5) is 0 Å². The lowest BCUT2D eigenvalue weighted by Crippen LogP contribution is -2.29. The third-order valence-electron chi connectivity index (χ3n) is 1.53. The molecule has 0 aromatic heterocycles. The van der Waals surface area contributed by atoms with E-state index in [0.29, 0.717) is 6.42 Å². The topological polar surface area (TPSA) is 63.3 Å². The zero-order chi connectivity index (χ0) is 13.4. The van der Waals surface area contributed by atoms with Gasteiger partial charge < -0.3 is 10.8 Å². The van der Waals surface area contributed by atoms with E-state index in [9.17, 15) is 4.79 Å². The first-order valence-electron chi connectivity index (χ1n) is 5.80. The molecule has 16 heavy (non-hydrogen) atoms. The lowest BCUT2D eigenvalue weighted by atomic mass is 10.1. The van der Waals surface area contributed by atoms with E-state index < -0.39 is 12.0 Å². The van der Waals surface area contributed by atoms with Gasteiger partial charge in [0.2, 0.25) is 0 Å². The highest BCUT2D eigenvalue weighted by Crippen LogP contribution is 1.98. The summed E-state index contributed by atoms with van der Waals surface area (Å²) in [6.07, 6.45) is 6.88. The molecule has 0 fully saturated rings. The molecule has 3 N–H and O–H groups in total. The second-order valence-corrected chi connectivity index (χ2v) is 2.86. The number of hydrogen-bond acceptors (Lipinski definition) is 2. The molecule has 0 aromatic carbocycles. The SMILES string of the molecule is C=CCC.C=CCCCC(N)C(=O)O.CC. The van der Waals surface area contributed by atoms with E-state index in [-0.39, 0.29) is 0 Å². The Morgan fingerprint density at radius 2 is 1.81 bits per heavy atom. The molecule has 0 saturated heterocycles. The predicted octanol–water partition coefficient (Wildman–Crippen LogP) is 3.36. The minimum Gasteiger partial charge on any atom is -0.480 e. The van der Waals surface area contributed by atoms with Crippen molar-refractivity contribution in [1.29, 1.82) is 0 Å². The summed E-state index contributed by atoms with van der Waals surface area (Å²) in [5.74, 6) is -0.927. The molecule has 3 heteroatoms. The Morgan fingerprint density at radius 1 is 1.38 bits per heavy atom. The van der Waals surface area contributed by atoms with Gasteiger partial charge in [0, 0.05) is 0 Å². The Balaban J connectivity index is -0.000000237. The molecule has 0 spiro atoms.